The summed E-state index contributed by atoms with van der Waals surface area (Å²) in [5.74, 6) is -0.108. The normalized spacial score (nSPS) is 15.8. The molecule has 2 aromatic rings. The topological polar surface area (TPSA) is 54.4 Å². The third-order valence-electron chi connectivity index (χ3n) is 4.12. The van der Waals surface area contributed by atoms with Crippen LogP contribution in [-0.2, 0) is 9.84 Å². The van der Waals surface area contributed by atoms with Crippen molar-refractivity contribution in [1.82, 2.24) is 0 Å². The molecule has 3 nitrogen and oxygen atoms in total. The van der Waals surface area contributed by atoms with Gasteiger partial charge in [0.25, 0.3) is 0 Å². The van der Waals surface area contributed by atoms with Gasteiger partial charge in [-0.05, 0) is 23.1 Å². The van der Waals surface area contributed by atoms with Crippen LogP contribution in [0.4, 0.5) is 0 Å². The summed E-state index contributed by atoms with van der Waals surface area (Å²) in [4.78, 5) is 0. The van der Waals surface area contributed by atoms with E-state index >= 15 is 0 Å². The lowest BCUT2D eigenvalue weighted by Gasteiger charge is -2.30. The quantitative estimate of drug-likeness (QED) is 0.794. The van der Waals surface area contributed by atoms with Crippen LogP contribution < -0.4 is 0 Å². The molecule has 0 aliphatic rings. The lowest BCUT2D eigenvalue weighted by molar-refractivity contribution is 0.154. The average Bonchev–Trinajstić information content (AvgIpc) is 2.61. The number of aliphatic hydroxyl groups is 1. The maximum atomic E-state index is 12.3. The standard InChI is InChI=1S/C18H21ClO3S/c1-3-18(19,23(21,22)4-2)17(20)16-12-10-15(11-13-16)14-8-6-5-7-9-14/h5-13,17,20H,3-4H2,1-2H3/t17-,18-/m0/s1. The summed E-state index contributed by atoms with van der Waals surface area (Å²) in [7, 11) is -3.60. The molecule has 0 saturated heterocycles. The van der Waals surface area contributed by atoms with Crippen molar-refractivity contribution in [2.75, 3.05) is 5.75 Å². The Balaban J connectivity index is 2.35. The van der Waals surface area contributed by atoms with Crippen molar-refractivity contribution in [2.24, 2.45) is 0 Å². The number of halogens is 1. The van der Waals surface area contributed by atoms with Gasteiger partial charge in [-0.2, -0.15) is 0 Å². The molecular weight excluding hydrogens is 332 g/mol. The van der Waals surface area contributed by atoms with E-state index in [0.717, 1.165) is 11.1 Å². The molecule has 0 aliphatic heterocycles. The minimum absolute atomic E-state index is 0.108. The molecule has 0 unspecified atom stereocenters. The molecule has 124 valence electrons. The molecule has 1 N–H and O–H groups in total. The molecule has 0 spiro atoms. The van der Waals surface area contributed by atoms with Crippen LogP contribution in [0.5, 0.6) is 0 Å². The third kappa shape index (κ3) is 3.44. The lowest BCUT2D eigenvalue weighted by Crippen LogP contribution is -2.39. The Labute approximate surface area is 142 Å². The Bertz CT molecular complexity index is 742. The van der Waals surface area contributed by atoms with E-state index in [1.807, 2.05) is 42.5 Å². The van der Waals surface area contributed by atoms with E-state index in [4.69, 9.17) is 11.6 Å². The van der Waals surface area contributed by atoms with Gasteiger partial charge in [-0.25, -0.2) is 8.42 Å². The molecule has 0 bridgehead atoms. The van der Waals surface area contributed by atoms with Crippen molar-refractivity contribution in [3.8, 4) is 11.1 Å². The monoisotopic (exact) mass is 352 g/mol. The van der Waals surface area contributed by atoms with Crippen LogP contribution in [-0.4, -0.2) is 23.5 Å². The number of benzene rings is 2. The molecule has 23 heavy (non-hydrogen) atoms. The van der Waals surface area contributed by atoms with Crippen molar-refractivity contribution in [3.05, 3.63) is 60.2 Å². The second-order valence-electron chi connectivity index (χ2n) is 5.43. The maximum Gasteiger partial charge on any atom is 0.175 e. The summed E-state index contributed by atoms with van der Waals surface area (Å²) in [5.41, 5.74) is 2.55. The predicted molar refractivity (Wildman–Crippen MR) is 95.2 cm³/mol. The molecule has 0 aliphatic carbocycles. The summed E-state index contributed by atoms with van der Waals surface area (Å²) in [6, 6.07) is 17.0. The van der Waals surface area contributed by atoms with Crippen molar-refractivity contribution in [2.45, 2.75) is 30.6 Å². The Morgan fingerprint density at radius 2 is 1.52 bits per heavy atom. The number of aliphatic hydroxyl groups excluding tert-OH is 1. The number of rotatable bonds is 6. The van der Waals surface area contributed by atoms with Gasteiger partial charge in [0.05, 0.1) is 0 Å². The van der Waals surface area contributed by atoms with Gasteiger partial charge in [-0.3, -0.25) is 0 Å². The van der Waals surface area contributed by atoms with Crippen LogP contribution in [0, 0.1) is 0 Å². The van der Waals surface area contributed by atoms with Gasteiger partial charge in [-0.1, -0.05) is 80.0 Å². The Kier molecular flexibility index (Phi) is 5.50. The lowest BCUT2D eigenvalue weighted by atomic mass is 9.99. The SMILES string of the molecule is CC[C@@](Cl)([C@@H](O)c1ccc(-c2ccccc2)cc1)S(=O)(=O)CC. The van der Waals surface area contributed by atoms with Crippen LogP contribution in [0.25, 0.3) is 11.1 Å². The van der Waals surface area contributed by atoms with Crippen molar-refractivity contribution in [3.63, 3.8) is 0 Å². The van der Waals surface area contributed by atoms with Crippen LogP contribution in [0.1, 0.15) is 31.9 Å². The summed E-state index contributed by atoms with van der Waals surface area (Å²) >= 11 is 6.32. The van der Waals surface area contributed by atoms with Crippen LogP contribution in [0.3, 0.4) is 0 Å². The predicted octanol–water partition coefficient (Wildman–Crippen LogP) is 4.17. The number of alkyl halides is 1. The second kappa shape index (κ2) is 7.04. The zero-order chi connectivity index (χ0) is 17.1. The van der Waals surface area contributed by atoms with Crippen molar-refractivity contribution in [1.29, 1.82) is 0 Å². The molecule has 0 aromatic heterocycles. The van der Waals surface area contributed by atoms with Gasteiger partial charge in [-0.15, -0.1) is 0 Å². The van der Waals surface area contributed by atoms with E-state index in [1.54, 1.807) is 19.1 Å². The first-order valence-corrected chi connectivity index (χ1v) is 9.63. The number of hydrogen-bond acceptors (Lipinski definition) is 3. The summed E-state index contributed by atoms with van der Waals surface area (Å²) in [6.07, 6.45) is -1.14. The van der Waals surface area contributed by atoms with E-state index in [-0.39, 0.29) is 12.2 Å². The molecule has 0 fully saturated rings. The first kappa shape index (κ1) is 18.0. The van der Waals surface area contributed by atoms with E-state index in [2.05, 4.69) is 0 Å². The highest BCUT2D eigenvalue weighted by atomic mass is 35.5. The van der Waals surface area contributed by atoms with Gasteiger partial charge >= 0.3 is 0 Å². The van der Waals surface area contributed by atoms with Gasteiger partial charge in [0, 0.05) is 5.75 Å². The Morgan fingerprint density at radius 1 is 1.00 bits per heavy atom. The summed E-state index contributed by atoms with van der Waals surface area (Å²) in [5, 5.41) is 10.6. The zero-order valence-corrected chi connectivity index (χ0v) is 14.8. The molecule has 0 heterocycles. The number of hydrogen-bond donors (Lipinski definition) is 1. The fourth-order valence-corrected chi connectivity index (χ4v) is 4.41. The van der Waals surface area contributed by atoms with Crippen molar-refractivity contribution < 1.29 is 13.5 Å². The highest BCUT2D eigenvalue weighted by Crippen LogP contribution is 2.40. The molecule has 2 rings (SSSR count). The minimum atomic E-state index is -3.60. The fraction of sp³-hybridized carbons (Fsp3) is 0.333. The second-order valence-corrected chi connectivity index (χ2v) is 8.87. The highest BCUT2D eigenvalue weighted by Gasteiger charge is 2.46. The molecule has 0 radical (unpaired) electrons. The van der Waals surface area contributed by atoms with E-state index in [9.17, 15) is 13.5 Å². The molecule has 2 aromatic carbocycles. The highest BCUT2D eigenvalue weighted by molar-refractivity contribution is 7.94. The molecular formula is C18H21ClO3S. The largest absolute Gasteiger partial charge is 0.385 e. The fourth-order valence-electron chi connectivity index (χ4n) is 2.56. The maximum absolute atomic E-state index is 12.3. The molecule has 5 heteroatoms. The minimum Gasteiger partial charge on any atom is -0.385 e. The first-order valence-electron chi connectivity index (χ1n) is 7.60. The number of sulfone groups is 1. The average molecular weight is 353 g/mol. The zero-order valence-electron chi connectivity index (χ0n) is 13.2. The van der Waals surface area contributed by atoms with Gasteiger partial charge < -0.3 is 5.11 Å². The Morgan fingerprint density at radius 3 is 2.00 bits per heavy atom. The molecule has 0 saturated carbocycles. The summed E-state index contributed by atoms with van der Waals surface area (Å²) in [6.45, 7) is 3.20. The Hall–Kier alpha value is -1.36. The first-order chi connectivity index (χ1) is 10.9. The molecule has 2 atom stereocenters. The van der Waals surface area contributed by atoms with Gasteiger partial charge in [0.1, 0.15) is 6.10 Å². The van der Waals surface area contributed by atoms with Crippen LogP contribution in [0.15, 0.2) is 54.6 Å². The smallest absolute Gasteiger partial charge is 0.175 e. The van der Waals surface area contributed by atoms with Gasteiger partial charge in [0.15, 0.2) is 14.0 Å². The van der Waals surface area contributed by atoms with Crippen LogP contribution >= 0.6 is 11.6 Å². The van der Waals surface area contributed by atoms with Gasteiger partial charge in [0.2, 0.25) is 0 Å². The van der Waals surface area contributed by atoms with E-state index < -0.39 is 20.1 Å². The summed E-state index contributed by atoms with van der Waals surface area (Å²) < 4.78 is 22.8. The van der Waals surface area contributed by atoms with E-state index in [1.165, 1.54) is 6.92 Å². The third-order valence-corrected chi connectivity index (χ3v) is 7.61. The van der Waals surface area contributed by atoms with E-state index in [0.29, 0.717) is 5.56 Å². The van der Waals surface area contributed by atoms with Crippen LogP contribution in [0.2, 0.25) is 0 Å². The van der Waals surface area contributed by atoms with Crippen molar-refractivity contribution >= 4 is 21.4 Å². The molecule has 0 amide bonds.